The molecule has 126 valence electrons. The van der Waals surface area contributed by atoms with E-state index >= 15 is 0 Å². The van der Waals surface area contributed by atoms with Gasteiger partial charge in [-0.25, -0.2) is 0 Å². The fourth-order valence-corrected chi connectivity index (χ4v) is 1.78. The summed E-state index contributed by atoms with van der Waals surface area (Å²) in [5.41, 5.74) is 1.24. The Kier molecular flexibility index (Phi) is 10.7. The molecule has 0 aromatic heterocycles. The highest BCUT2D eigenvalue weighted by Crippen LogP contribution is 2.19. The molecule has 1 rings (SSSR count). The van der Waals surface area contributed by atoms with Gasteiger partial charge in [-0.1, -0.05) is 17.7 Å². The molecule has 0 heterocycles. The van der Waals surface area contributed by atoms with Gasteiger partial charge in [-0.2, -0.15) is 11.8 Å². The van der Waals surface area contributed by atoms with Gasteiger partial charge in [-0.05, 0) is 39.2 Å². The molecule has 0 atom stereocenters. The summed E-state index contributed by atoms with van der Waals surface area (Å²) >= 11 is 1.84. The van der Waals surface area contributed by atoms with Crippen LogP contribution in [0.4, 0.5) is 0 Å². The maximum absolute atomic E-state index is 5.67. The van der Waals surface area contributed by atoms with E-state index in [0.29, 0.717) is 13.2 Å². The van der Waals surface area contributed by atoms with Gasteiger partial charge in [0, 0.05) is 18.3 Å². The molecule has 0 fully saturated rings. The molecule has 4 nitrogen and oxygen atoms in total. The number of thioether (sulfide) groups is 1. The van der Waals surface area contributed by atoms with Gasteiger partial charge in [0.15, 0.2) is 5.96 Å². The van der Waals surface area contributed by atoms with Crippen LogP contribution in [0, 0.1) is 6.92 Å². The average Bonchev–Trinajstić information content (AvgIpc) is 2.48. The lowest BCUT2D eigenvalue weighted by molar-refractivity contribution is 0.322. The third-order valence-corrected chi connectivity index (χ3v) is 4.39. The molecule has 0 aliphatic carbocycles. The maximum atomic E-state index is 5.67. The van der Waals surface area contributed by atoms with E-state index in [4.69, 9.17) is 4.74 Å². The van der Waals surface area contributed by atoms with E-state index in [9.17, 15) is 0 Å². The van der Waals surface area contributed by atoms with Crippen molar-refractivity contribution in [2.24, 2.45) is 4.99 Å². The van der Waals surface area contributed by atoms with Crippen molar-refractivity contribution in [3.05, 3.63) is 29.8 Å². The zero-order valence-electron chi connectivity index (χ0n) is 14.1. The highest BCUT2D eigenvalue weighted by Gasteiger charge is 2.15. The van der Waals surface area contributed by atoms with Crippen molar-refractivity contribution in [2.45, 2.75) is 25.5 Å². The Morgan fingerprint density at radius 3 is 2.41 bits per heavy atom. The number of hydrogen-bond acceptors (Lipinski definition) is 3. The minimum absolute atomic E-state index is 0. The van der Waals surface area contributed by atoms with Crippen molar-refractivity contribution in [3.8, 4) is 5.75 Å². The first-order chi connectivity index (χ1) is 9.96. The maximum Gasteiger partial charge on any atom is 0.191 e. The molecular formula is C16H28IN3OS. The van der Waals surface area contributed by atoms with Gasteiger partial charge in [-0.3, -0.25) is 4.99 Å². The largest absolute Gasteiger partial charge is 0.492 e. The number of rotatable bonds is 7. The lowest BCUT2D eigenvalue weighted by Crippen LogP contribution is -2.44. The first-order valence-electron chi connectivity index (χ1n) is 7.16. The van der Waals surface area contributed by atoms with E-state index in [1.54, 1.807) is 7.05 Å². The van der Waals surface area contributed by atoms with Crippen LogP contribution in [0.2, 0.25) is 0 Å². The lowest BCUT2D eigenvalue weighted by Gasteiger charge is -2.23. The molecule has 0 spiro atoms. The number of guanidine groups is 1. The smallest absolute Gasteiger partial charge is 0.191 e. The van der Waals surface area contributed by atoms with Crippen molar-refractivity contribution in [2.75, 3.05) is 33.0 Å². The zero-order chi connectivity index (χ0) is 15.7. The number of hydrogen-bond donors (Lipinski definition) is 2. The molecule has 0 aliphatic rings. The molecule has 6 heteroatoms. The van der Waals surface area contributed by atoms with Crippen molar-refractivity contribution in [1.29, 1.82) is 0 Å². The van der Waals surface area contributed by atoms with Crippen LogP contribution >= 0.6 is 35.7 Å². The summed E-state index contributed by atoms with van der Waals surface area (Å²) in [4.78, 5) is 4.21. The van der Waals surface area contributed by atoms with Crippen LogP contribution in [0.1, 0.15) is 19.4 Å². The Labute approximate surface area is 155 Å². The first kappa shape index (κ1) is 21.4. The number of ether oxygens (including phenoxy) is 1. The lowest BCUT2D eigenvalue weighted by atomic mass is 10.2. The van der Waals surface area contributed by atoms with Crippen LogP contribution in [0.5, 0.6) is 5.75 Å². The van der Waals surface area contributed by atoms with Crippen LogP contribution in [-0.2, 0) is 0 Å². The number of aliphatic imine (C=N–C) groups is 1. The van der Waals surface area contributed by atoms with E-state index in [0.717, 1.165) is 18.3 Å². The van der Waals surface area contributed by atoms with Gasteiger partial charge in [0.1, 0.15) is 12.4 Å². The quantitative estimate of drug-likeness (QED) is 0.298. The Bertz CT molecular complexity index is 449. The van der Waals surface area contributed by atoms with Gasteiger partial charge < -0.3 is 15.4 Å². The zero-order valence-corrected chi connectivity index (χ0v) is 17.2. The molecule has 0 bridgehead atoms. The molecule has 0 unspecified atom stereocenters. The number of nitrogens with one attached hydrogen (secondary N) is 2. The predicted octanol–water partition coefficient (Wildman–Crippen LogP) is 3.30. The highest BCUT2D eigenvalue weighted by molar-refractivity contribution is 14.0. The molecule has 0 aliphatic heterocycles. The summed E-state index contributed by atoms with van der Waals surface area (Å²) in [6, 6.07) is 8.08. The fraction of sp³-hybridized carbons (Fsp3) is 0.562. The number of aryl methyl sites for hydroxylation is 1. The first-order valence-corrected chi connectivity index (χ1v) is 8.38. The molecule has 0 saturated heterocycles. The third kappa shape index (κ3) is 8.73. The number of nitrogens with zero attached hydrogens (tertiary/aromatic N) is 1. The summed E-state index contributed by atoms with van der Waals surface area (Å²) < 4.78 is 5.86. The summed E-state index contributed by atoms with van der Waals surface area (Å²) in [7, 11) is 1.78. The van der Waals surface area contributed by atoms with Gasteiger partial charge in [0.05, 0.1) is 6.54 Å². The predicted molar refractivity (Wildman–Crippen MR) is 109 cm³/mol. The Hall–Kier alpha value is -0.630. The van der Waals surface area contributed by atoms with Crippen LogP contribution in [0.25, 0.3) is 0 Å². The van der Waals surface area contributed by atoms with E-state index in [1.807, 2.05) is 36.0 Å². The normalized spacial score (nSPS) is 11.6. The molecule has 1 aromatic rings. The SMILES string of the molecule is CN=C(NCCOc1ccc(C)cc1)NCC(C)(C)SC.I. The van der Waals surface area contributed by atoms with Gasteiger partial charge in [0.25, 0.3) is 0 Å². The summed E-state index contributed by atoms with van der Waals surface area (Å²) in [5.74, 6) is 1.71. The standard InChI is InChI=1S/C16H27N3OS.HI/c1-13-6-8-14(9-7-13)20-11-10-18-15(17-4)19-12-16(2,3)21-5;/h6-9H,10-12H2,1-5H3,(H2,17,18,19);1H. The minimum atomic E-state index is 0. The van der Waals surface area contributed by atoms with E-state index < -0.39 is 0 Å². The van der Waals surface area contributed by atoms with Crippen molar-refractivity contribution >= 4 is 41.7 Å². The molecule has 2 N–H and O–H groups in total. The molecule has 0 saturated carbocycles. The second-order valence-corrected chi connectivity index (χ2v) is 6.99. The third-order valence-electron chi connectivity index (χ3n) is 3.14. The van der Waals surface area contributed by atoms with Crippen LogP contribution in [0.15, 0.2) is 29.3 Å². The molecule has 22 heavy (non-hydrogen) atoms. The summed E-state index contributed by atoms with van der Waals surface area (Å²) in [6.07, 6.45) is 2.12. The average molecular weight is 437 g/mol. The second-order valence-electron chi connectivity index (χ2n) is 5.48. The Morgan fingerprint density at radius 1 is 1.23 bits per heavy atom. The second kappa shape index (κ2) is 11.0. The molecule has 0 radical (unpaired) electrons. The van der Waals surface area contributed by atoms with Crippen molar-refractivity contribution < 1.29 is 4.74 Å². The van der Waals surface area contributed by atoms with E-state index in [1.165, 1.54) is 5.56 Å². The Morgan fingerprint density at radius 2 is 1.86 bits per heavy atom. The number of benzene rings is 1. The van der Waals surface area contributed by atoms with Gasteiger partial charge >= 0.3 is 0 Å². The van der Waals surface area contributed by atoms with E-state index in [2.05, 4.69) is 42.7 Å². The number of halogens is 1. The summed E-state index contributed by atoms with van der Waals surface area (Å²) in [5, 5.41) is 6.58. The van der Waals surface area contributed by atoms with Crippen molar-refractivity contribution in [1.82, 2.24) is 10.6 Å². The Balaban J connectivity index is 0.00000441. The van der Waals surface area contributed by atoms with Crippen molar-refractivity contribution in [3.63, 3.8) is 0 Å². The van der Waals surface area contributed by atoms with E-state index in [-0.39, 0.29) is 28.7 Å². The van der Waals surface area contributed by atoms with Gasteiger partial charge in [-0.15, -0.1) is 24.0 Å². The fourth-order valence-electron chi connectivity index (χ4n) is 1.56. The molecular weight excluding hydrogens is 409 g/mol. The van der Waals surface area contributed by atoms with Crippen LogP contribution < -0.4 is 15.4 Å². The topological polar surface area (TPSA) is 45.7 Å². The summed E-state index contributed by atoms with van der Waals surface area (Å²) in [6.45, 7) is 8.67. The van der Waals surface area contributed by atoms with Crippen LogP contribution in [0.3, 0.4) is 0 Å². The minimum Gasteiger partial charge on any atom is -0.492 e. The molecule has 0 amide bonds. The highest BCUT2D eigenvalue weighted by atomic mass is 127. The van der Waals surface area contributed by atoms with Crippen LogP contribution in [-0.4, -0.2) is 43.7 Å². The monoisotopic (exact) mass is 437 g/mol. The van der Waals surface area contributed by atoms with Gasteiger partial charge in [0.2, 0.25) is 0 Å². The molecule has 1 aromatic carbocycles.